The fourth-order valence-corrected chi connectivity index (χ4v) is 5.04. The van der Waals surface area contributed by atoms with Gasteiger partial charge in [-0.05, 0) is 36.5 Å². The van der Waals surface area contributed by atoms with E-state index in [-0.39, 0.29) is 5.69 Å². The van der Waals surface area contributed by atoms with Gasteiger partial charge in [0.1, 0.15) is 5.01 Å². The SMILES string of the molecule is O=C(O)c1csc(CN2CC3C4C=CC(CC4)C3C2)n1. The Balaban J connectivity index is 1.45. The summed E-state index contributed by atoms with van der Waals surface area (Å²) in [6.45, 7) is 3.11. The molecule has 0 amide bonds. The Kier molecular flexibility index (Phi) is 2.93. The van der Waals surface area contributed by atoms with Crippen molar-refractivity contribution in [3.63, 3.8) is 0 Å². The van der Waals surface area contributed by atoms with Gasteiger partial charge in [-0.3, -0.25) is 4.90 Å². The van der Waals surface area contributed by atoms with Crippen LogP contribution in [0.5, 0.6) is 0 Å². The Morgan fingerprint density at radius 2 is 1.95 bits per heavy atom. The van der Waals surface area contributed by atoms with Crippen LogP contribution in [0.4, 0.5) is 0 Å². The number of carbonyl (C=O) groups is 1. The molecule has 20 heavy (non-hydrogen) atoms. The lowest BCUT2D eigenvalue weighted by molar-refractivity contribution is 0.0691. The summed E-state index contributed by atoms with van der Waals surface area (Å²) in [6, 6.07) is 0. The van der Waals surface area contributed by atoms with Crippen LogP contribution < -0.4 is 0 Å². The van der Waals surface area contributed by atoms with Crippen molar-refractivity contribution in [2.75, 3.05) is 13.1 Å². The van der Waals surface area contributed by atoms with Gasteiger partial charge >= 0.3 is 5.97 Å². The number of aromatic nitrogens is 1. The first kappa shape index (κ1) is 12.5. The zero-order valence-corrected chi connectivity index (χ0v) is 12.1. The number of rotatable bonds is 3. The summed E-state index contributed by atoms with van der Waals surface area (Å²) in [7, 11) is 0. The molecule has 4 aliphatic rings. The lowest BCUT2D eigenvalue weighted by Gasteiger charge is -2.40. The summed E-state index contributed by atoms with van der Waals surface area (Å²) in [6.07, 6.45) is 7.59. The molecule has 5 heteroatoms. The van der Waals surface area contributed by atoms with E-state index in [1.54, 1.807) is 5.38 Å². The van der Waals surface area contributed by atoms with Gasteiger partial charge in [0.15, 0.2) is 5.69 Å². The van der Waals surface area contributed by atoms with Crippen molar-refractivity contribution < 1.29 is 9.90 Å². The Labute approximate surface area is 122 Å². The molecule has 1 aliphatic heterocycles. The van der Waals surface area contributed by atoms with E-state index in [9.17, 15) is 4.79 Å². The highest BCUT2D eigenvalue weighted by atomic mass is 32.1. The maximum Gasteiger partial charge on any atom is 0.355 e. The summed E-state index contributed by atoms with van der Waals surface area (Å²) in [5.41, 5.74) is 0.184. The molecule has 1 saturated heterocycles. The van der Waals surface area contributed by atoms with E-state index in [0.29, 0.717) is 0 Å². The fourth-order valence-electron chi connectivity index (χ4n) is 4.23. The van der Waals surface area contributed by atoms with Crippen LogP contribution in [-0.4, -0.2) is 34.0 Å². The number of fused-ring (bicyclic) bond motifs is 1. The minimum atomic E-state index is -0.926. The molecule has 4 atom stereocenters. The molecule has 1 N–H and O–H groups in total. The Bertz CT molecular complexity index is 546. The number of thiazole rings is 1. The second-order valence-corrected chi connectivity index (χ2v) is 7.19. The molecule has 3 aliphatic carbocycles. The molecule has 2 heterocycles. The summed E-state index contributed by atoms with van der Waals surface area (Å²) >= 11 is 1.47. The summed E-state index contributed by atoms with van der Waals surface area (Å²) in [5.74, 6) is 2.27. The topological polar surface area (TPSA) is 53.4 Å². The summed E-state index contributed by atoms with van der Waals surface area (Å²) < 4.78 is 0. The summed E-state index contributed by atoms with van der Waals surface area (Å²) in [5, 5.41) is 11.5. The van der Waals surface area contributed by atoms with Gasteiger partial charge in [0.2, 0.25) is 0 Å². The van der Waals surface area contributed by atoms with Crippen molar-refractivity contribution in [3.05, 3.63) is 28.2 Å². The predicted molar refractivity (Wildman–Crippen MR) is 76.7 cm³/mol. The first-order valence-corrected chi connectivity index (χ1v) is 8.17. The van der Waals surface area contributed by atoms with E-state index < -0.39 is 5.97 Å². The highest BCUT2D eigenvalue weighted by Gasteiger charge is 2.45. The standard InChI is InChI=1S/C15H18N2O2S/c18-15(19)13-8-20-14(16-13)7-17-5-11-9-1-2-10(4-3-9)12(11)6-17/h1-2,8-12H,3-7H2,(H,18,19). The quantitative estimate of drug-likeness (QED) is 0.869. The van der Waals surface area contributed by atoms with E-state index >= 15 is 0 Å². The average Bonchev–Trinajstić information content (AvgIpc) is 3.07. The molecule has 0 aromatic carbocycles. The Morgan fingerprint density at radius 3 is 2.45 bits per heavy atom. The number of hydrogen-bond donors (Lipinski definition) is 1. The normalized spacial score (nSPS) is 35.4. The van der Waals surface area contributed by atoms with Crippen LogP contribution in [0.3, 0.4) is 0 Å². The number of hydrogen-bond acceptors (Lipinski definition) is 4. The van der Waals surface area contributed by atoms with Crippen molar-refractivity contribution in [1.82, 2.24) is 9.88 Å². The minimum absolute atomic E-state index is 0.184. The van der Waals surface area contributed by atoms with Crippen LogP contribution in [-0.2, 0) is 6.54 Å². The number of allylic oxidation sites excluding steroid dienone is 2. The Morgan fingerprint density at radius 1 is 1.30 bits per heavy atom. The highest BCUT2D eigenvalue weighted by Crippen LogP contribution is 2.48. The van der Waals surface area contributed by atoms with E-state index in [4.69, 9.17) is 5.11 Å². The van der Waals surface area contributed by atoms with Crippen LogP contribution in [0.1, 0.15) is 28.3 Å². The van der Waals surface area contributed by atoms with Gasteiger partial charge in [-0.2, -0.15) is 0 Å². The van der Waals surface area contributed by atoms with Gasteiger partial charge in [-0.25, -0.2) is 9.78 Å². The predicted octanol–water partition coefficient (Wildman–Crippen LogP) is 2.49. The maximum atomic E-state index is 10.9. The van der Waals surface area contributed by atoms with E-state index in [2.05, 4.69) is 22.0 Å². The van der Waals surface area contributed by atoms with Crippen LogP contribution >= 0.6 is 11.3 Å². The second-order valence-electron chi connectivity index (χ2n) is 6.24. The van der Waals surface area contributed by atoms with Crippen molar-refractivity contribution in [1.29, 1.82) is 0 Å². The van der Waals surface area contributed by atoms with Gasteiger partial charge in [0.25, 0.3) is 0 Å². The van der Waals surface area contributed by atoms with Crippen molar-refractivity contribution in [2.24, 2.45) is 23.7 Å². The monoisotopic (exact) mass is 290 g/mol. The van der Waals surface area contributed by atoms with Crippen LogP contribution in [0.25, 0.3) is 0 Å². The molecule has 106 valence electrons. The molecule has 1 aromatic rings. The zero-order chi connectivity index (χ0) is 13.7. The zero-order valence-electron chi connectivity index (χ0n) is 11.2. The molecule has 2 fully saturated rings. The first-order valence-electron chi connectivity index (χ1n) is 7.29. The fraction of sp³-hybridized carbons (Fsp3) is 0.600. The number of carboxylic acids is 1. The molecule has 4 nitrogen and oxygen atoms in total. The minimum Gasteiger partial charge on any atom is -0.476 e. The molecule has 4 unspecified atom stereocenters. The van der Waals surface area contributed by atoms with Crippen molar-refractivity contribution >= 4 is 17.3 Å². The van der Waals surface area contributed by atoms with Crippen molar-refractivity contribution in [3.8, 4) is 0 Å². The molecule has 5 rings (SSSR count). The van der Waals surface area contributed by atoms with Crippen LogP contribution in [0.15, 0.2) is 17.5 Å². The van der Waals surface area contributed by atoms with Crippen molar-refractivity contribution in [2.45, 2.75) is 19.4 Å². The van der Waals surface area contributed by atoms with Gasteiger partial charge < -0.3 is 5.11 Å². The third-order valence-electron chi connectivity index (χ3n) is 5.16. The lowest BCUT2D eigenvalue weighted by atomic mass is 9.64. The lowest BCUT2D eigenvalue weighted by Crippen LogP contribution is -2.35. The van der Waals surface area contributed by atoms with E-state index in [0.717, 1.165) is 48.3 Å². The third kappa shape index (κ3) is 2.00. The molecule has 0 radical (unpaired) electrons. The van der Waals surface area contributed by atoms with Gasteiger partial charge in [-0.1, -0.05) is 12.2 Å². The molecule has 1 aromatic heterocycles. The first-order chi connectivity index (χ1) is 9.70. The largest absolute Gasteiger partial charge is 0.476 e. The van der Waals surface area contributed by atoms with Gasteiger partial charge in [0, 0.05) is 18.5 Å². The highest BCUT2D eigenvalue weighted by molar-refractivity contribution is 7.09. The van der Waals surface area contributed by atoms with Crippen LogP contribution in [0.2, 0.25) is 0 Å². The molecule has 0 spiro atoms. The third-order valence-corrected chi connectivity index (χ3v) is 5.99. The molecule has 2 bridgehead atoms. The average molecular weight is 290 g/mol. The number of nitrogens with zero attached hydrogens (tertiary/aromatic N) is 2. The smallest absolute Gasteiger partial charge is 0.355 e. The van der Waals surface area contributed by atoms with E-state index in [1.165, 1.54) is 24.2 Å². The van der Waals surface area contributed by atoms with E-state index in [1.807, 2.05) is 0 Å². The molecule has 1 saturated carbocycles. The van der Waals surface area contributed by atoms with Gasteiger partial charge in [0.05, 0.1) is 6.54 Å². The molecular weight excluding hydrogens is 272 g/mol. The number of aromatic carboxylic acids is 1. The summed E-state index contributed by atoms with van der Waals surface area (Å²) in [4.78, 5) is 17.5. The number of likely N-dealkylation sites (tertiary alicyclic amines) is 1. The van der Waals surface area contributed by atoms with Gasteiger partial charge in [-0.15, -0.1) is 11.3 Å². The molecular formula is C15H18N2O2S. The maximum absolute atomic E-state index is 10.9. The van der Waals surface area contributed by atoms with Crippen LogP contribution in [0, 0.1) is 23.7 Å². The number of carboxylic acid groups (broad SMARTS) is 1. The Hall–Kier alpha value is -1.20. The second kappa shape index (κ2) is 4.67.